The Balaban J connectivity index is 1.42. The van der Waals surface area contributed by atoms with E-state index in [1.807, 2.05) is 24.2 Å². The summed E-state index contributed by atoms with van der Waals surface area (Å²) in [5, 5.41) is 2.10. The lowest BCUT2D eigenvalue weighted by molar-refractivity contribution is -0.131. The summed E-state index contributed by atoms with van der Waals surface area (Å²) in [6.45, 7) is 6.40. The van der Waals surface area contributed by atoms with E-state index in [1.54, 1.807) is 11.3 Å². The van der Waals surface area contributed by atoms with Crippen LogP contribution in [0.2, 0.25) is 0 Å². The predicted octanol–water partition coefficient (Wildman–Crippen LogP) is 2.90. The molecule has 1 amide bonds. The zero-order valence-corrected chi connectivity index (χ0v) is 15.7. The van der Waals surface area contributed by atoms with Crippen LogP contribution in [0, 0.1) is 6.92 Å². The van der Waals surface area contributed by atoms with Gasteiger partial charge in [0.05, 0.1) is 0 Å². The molecule has 5 nitrogen and oxygen atoms in total. The molecule has 0 bridgehead atoms. The maximum Gasteiger partial charge on any atom is 0.222 e. The van der Waals surface area contributed by atoms with Gasteiger partial charge in [-0.3, -0.25) is 9.69 Å². The second-order valence-corrected chi connectivity index (χ2v) is 7.61. The van der Waals surface area contributed by atoms with Gasteiger partial charge >= 0.3 is 0 Å². The second-order valence-electron chi connectivity index (χ2n) is 6.58. The van der Waals surface area contributed by atoms with E-state index in [4.69, 9.17) is 0 Å². The van der Waals surface area contributed by atoms with Crippen molar-refractivity contribution in [2.45, 2.75) is 39.2 Å². The van der Waals surface area contributed by atoms with Gasteiger partial charge in [0, 0.05) is 62.0 Å². The third-order valence-electron chi connectivity index (χ3n) is 4.58. The molecular weight excluding hydrogens is 332 g/mol. The second kappa shape index (κ2) is 9.06. The molecule has 2 aromatic rings. The van der Waals surface area contributed by atoms with Gasteiger partial charge in [-0.05, 0) is 37.6 Å². The largest absolute Gasteiger partial charge is 0.341 e. The molecule has 2 aromatic heterocycles. The summed E-state index contributed by atoms with van der Waals surface area (Å²) in [7, 11) is 0. The molecule has 0 spiro atoms. The Morgan fingerprint density at radius 3 is 2.80 bits per heavy atom. The van der Waals surface area contributed by atoms with Crippen molar-refractivity contribution < 1.29 is 4.79 Å². The van der Waals surface area contributed by atoms with E-state index in [-0.39, 0.29) is 0 Å². The minimum Gasteiger partial charge on any atom is -0.341 e. The van der Waals surface area contributed by atoms with Crippen molar-refractivity contribution in [3.63, 3.8) is 0 Å². The van der Waals surface area contributed by atoms with Crippen LogP contribution in [0.5, 0.6) is 0 Å². The third kappa shape index (κ3) is 5.61. The summed E-state index contributed by atoms with van der Waals surface area (Å²) in [5.74, 6) is 1.11. The lowest BCUT2D eigenvalue weighted by Gasteiger charge is -2.22. The fourth-order valence-corrected chi connectivity index (χ4v) is 3.92. The molecule has 3 heterocycles. The van der Waals surface area contributed by atoms with Crippen LogP contribution < -0.4 is 0 Å². The van der Waals surface area contributed by atoms with Gasteiger partial charge in [0.15, 0.2) is 0 Å². The number of aromatic nitrogens is 2. The minimum atomic E-state index is 0.303. The number of aryl methyl sites for hydroxylation is 2. The maximum atomic E-state index is 12.5. The summed E-state index contributed by atoms with van der Waals surface area (Å²) >= 11 is 1.77. The fraction of sp³-hybridized carbons (Fsp3) is 0.526. The van der Waals surface area contributed by atoms with Crippen LogP contribution in [-0.2, 0) is 17.8 Å². The highest BCUT2D eigenvalue weighted by Crippen LogP contribution is 2.14. The lowest BCUT2D eigenvalue weighted by atomic mass is 10.2. The Morgan fingerprint density at radius 2 is 2.04 bits per heavy atom. The van der Waals surface area contributed by atoms with E-state index in [0.29, 0.717) is 12.3 Å². The molecule has 1 aliphatic heterocycles. The minimum absolute atomic E-state index is 0.303. The van der Waals surface area contributed by atoms with Gasteiger partial charge in [-0.15, -0.1) is 11.3 Å². The van der Waals surface area contributed by atoms with E-state index < -0.39 is 0 Å². The highest BCUT2D eigenvalue weighted by atomic mass is 32.1. The Hall–Kier alpha value is -1.79. The maximum absolute atomic E-state index is 12.5. The highest BCUT2D eigenvalue weighted by Gasteiger charge is 2.19. The number of hydrogen-bond acceptors (Lipinski definition) is 5. The molecule has 0 radical (unpaired) electrons. The van der Waals surface area contributed by atoms with E-state index in [1.165, 1.54) is 4.88 Å². The van der Waals surface area contributed by atoms with Crippen molar-refractivity contribution >= 4 is 17.2 Å². The Kier molecular flexibility index (Phi) is 6.53. The molecule has 0 unspecified atom stereocenters. The molecule has 1 aliphatic rings. The van der Waals surface area contributed by atoms with Gasteiger partial charge in [0.2, 0.25) is 5.91 Å². The molecule has 0 N–H and O–H groups in total. The molecule has 1 saturated heterocycles. The molecule has 0 atom stereocenters. The summed E-state index contributed by atoms with van der Waals surface area (Å²) in [6.07, 6.45) is 7.45. The van der Waals surface area contributed by atoms with Crippen molar-refractivity contribution in [2.24, 2.45) is 0 Å². The molecule has 0 saturated carbocycles. The molecule has 1 fully saturated rings. The van der Waals surface area contributed by atoms with Gasteiger partial charge in [-0.1, -0.05) is 6.07 Å². The lowest BCUT2D eigenvalue weighted by Crippen LogP contribution is -2.35. The number of rotatable bonds is 6. The monoisotopic (exact) mass is 358 g/mol. The van der Waals surface area contributed by atoms with E-state index >= 15 is 0 Å². The Bertz CT molecular complexity index is 657. The van der Waals surface area contributed by atoms with Gasteiger partial charge < -0.3 is 4.90 Å². The van der Waals surface area contributed by atoms with E-state index in [0.717, 1.165) is 63.4 Å². The number of hydrogen-bond donors (Lipinski definition) is 0. The molecular formula is C19H26N4OS. The van der Waals surface area contributed by atoms with Gasteiger partial charge in [0.25, 0.3) is 0 Å². The van der Waals surface area contributed by atoms with Crippen LogP contribution in [0.15, 0.2) is 29.9 Å². The van der Waals surface area contributed by atoms with Crippen molar-refractivity contribution in [1.82, 2.24) is 19.8 Å². The van der Waals surface area contributed by atoms with Gasteiger partial charge in [-0.2, -0.15) is 0 Å². The zero-order chi connectivity index (χ0) is 17.5. The summed E-state index contributed by atoms with van der Waals surface area (Å²) in [6, 6.07) is 4.22. The van der Waals surface area contributed by atoms with Crippen LogP contribution >= 0.6 is 11.3 Å². The highest BCUT2D eigenvalue weighted by molar-refractivity contribution is 7.09. The molecule has 134 valence electrons. The molecule has 0 aliphatic carbocycles. The Labute approximate surface area is 153 Å². The number of carbonyl (C=O) groups is 1. The topological polar surface area (TPSA) is 49.3 Å². The number of carbonyl (C=O) groups excluding carboxylic acids is 1. The average Bonchev–Trinajstić information content (AvgIpc) is 3.02. The first-order valence-electron chi connectivity index (χ1n) is 9.01. The normalized spacial score (nSPS) is 16.0. The van der Waals surface area contributed by atoms with Crippen molar-refractivity contribution in [3.8, 4) is 0 Å². The van der Waals surface area contributed by atoms with Crippen molar-refractivity contribution in [3.05, 3.63) is 46.2 Å². The quantitative estimate of drug-likeness (QED) is 0.797. The first-order chi connectivity index (χ1) is 12.2. The van der Waals surface area contributed by atoms with Crippen LogP contribution in [0.4, 0.5) is 0 Å². The third-order valence-corrected chi connectivity index (χ3v) is 5.51. The van der Waals surface area contributed by atoms with E-state index in [9.17, 15) is 4.79 Å². The Morgan fingerprint density at radius 1 is 1.20 bits per heavy atom. The first kappa shape index (κ1) is 18.0. The number of nitrogens with zero attached hydrogens (tertiary/aromatic N) is 4. The van der Waals surface area contributed by atoms with Crippen molar-refractivity contribution in [2.75, 3.05) is 26.2 Å². The number of thiophene rings is 1. The molecule has 25 heavy (non-hydrogen) atoms. The number of amides is 1. The SMILES string of the molecule is Cc1ncc(CN2CCCN(C(=O)CCCc3cccs3)CC2)cn1. The predicted molar refractivity (Wildman–Crippen MR) is 101 cm³/mol. The molecule has 3 rings (SSSR count). The van der Waals surface area contributed by atoms with Crippen LogP contribution in [0.25, 0.3) is 0 Å². The average molecular weight is 359 g/mol. The molecule has 0 aromatic carbocycles. The summed E-state index contributed by atoms with van der Waals surface area (Å²) in [5.41, 5.74) is 1.14. The summed E-state index contributed by atoms with van der Waals surface area (Å²) < 4.78 is 0. The van der Waals surface area contributed by atoms with Crippen LogP contribution in [-0.4, -0.2) is 51.9 Å². The zero-order valence-electron chi connectivity index (χ0n) is 14.9. The molecule has 6 heteroatoms. The van der Waals surface area contributed by atoms with Crippen LogP contribution in [0.1, 0.15) is 35.5 Å². The smallest absolute Gasteiger partial charge is 0.222 e. The van der Waals surface area contributed by atoms with Gasteiger partial charge in [0.1, 0.15) is 5.82 Å². The fourth-order valence-electron chi connectivity index (χ4n) is 3.16. The van der Waals surface area contributed by atoms with E-state index in [2.05, 4.69) is 32.4 Å². The standard InChI is InChI=1S/C19H26N4OS/c1-16-20-13-17(14-21-16)15-22-8-4-9-23(11-10-22)19(24)7-2-5-18-6-3-12-25-18/h3,6,12-14H,2,4-5,7-11,15H2,1H3. The first-order valence-corrected chi connectivity index (χ1v) is 9.89. The van der Waals surface area contributed by atoms with Gasteiger partial charge in [-0.25, -0.2) is 9.97 Å². The summed E-state index contributed by atoms with van der Waals surface area (Å²) in [4.78, 5) is 26.8. The van der Waals surface area contributed by atoms with Crippen LogP contribution in [0.3, 0.4) is 0 Å². The van der Waals surface area contributed by atoms with Crippen molar-refractivity contribution in [1.29, 1.82) is 0 Å².